The maximum atomic E-state index is 11.7. The van der Waals surface area contributed by atoms with Gasteiger partial charge >= 0.3 is 12.0 Å². The fourth-order valence-corrected chi connectivity index (χ4v) is 2.06. The predicted octanol–water partition coefficient (Wildman–Crippen LogP) is 0.0753. The van der Waals surface area contributed by atoms with Crippen LogP contribution in [0.4, 0.5) is 4.79 Å². The summed E-state index contributed by atoms with van der Waals surface area (Å²) in [5.41, 5.74) is 4.84. The average molecular weight is 286 g/mol. The Balaban J connectivity index is 2.63. The van der Waals surface area contributed by atoms with Crippen molar-refractivity contribution in [2.75, 3.05) is 0 Å². The lowest BCUT2D eigenvalue weighted by atomic mass is 10.2. The van der Waals surface area contributed by atoms with Crippen molar-refractivity contribution in [1.82, 2.24) is 15.6 Å². The summed E-state index contributed by atoms with van der Waals surface area (Å²) in [7, 11) is 0. The number of aromatic carboxylic acids is 1. The summed E-state index contributed by atoms with van der Waals surface area (Å²) in [6, 6.07) is -2.03. The van der Waals surface area contributed by atoms with E-state index < -0.39 is 30.0 Å². The number of thiazole rings is 1. The van der Waals surface area contributed by atoms with Crippen molar-refractivity contribution in [3.8, 4) is 0 Å². The lowest BCUT2D eigenvalue weighted by molar-refractivity contribution is -0.123. The zero-order chi connectivity index (χ0) is 14.6. The molecule has 2 unspecified atom stereocenters. The summed E-state index contributed by atoms with van der Waals surface area (Å²) in [6.07, 6.45) is 0. The van der Waals surface area contributed by atoms with Crippen molar-refractivity contribution < 1.29 is 19.5 Å². The van der Waals surface area contributed by atoms with Gasteiger partial charge in [0.25, 0.3) is 0 Å². The topological polar surface area (TPSA) is 134 Å². The van der Waals surface area contributed by atoms with Gasteiger partial charge in [-0.2, -0.15) is 0 Å². The first-order valence-electron chi connectivity index (χ1n) is 5.36. The highest BCUT2D eigenvalue weighted by molar-refractivity contribution is 7.09. The number of urea groups is 1. The minimum absolute atomic E-state index is 0.0654. The molecular formula is C10H14N4O4S. The Bertz CT molecular complexity index is 501. The van der Waals surface area contributed by atoms with Crippen LogP contribution in [0.5, 0.6) is 0 Å². The van der Waals surface area contributed by atoms with Gasteiger partial charge in [-0.05, 0) is 13.8 Å². The number of amides is 3. The van der Waals surface area contributed by atoms with Crippen LogP contribution < -0.4 is 16.4 Å². The van der Waals surface area contributed by atoms with Crippen LogP contribution in [0.3, 0.4) is 0 Å². The fraction of sp³-hybridized carbons (Fsp3) is 0.400. The van der Waals surface area contributed by atoms with Gasteiger partial charge in [0.2, 0.25) is 5.91 Å². The molecular weight excluding hydrogens is 272 g/mol. The van der Waals surface area contributed by atoms with Gasteiger partial charge in [-0.3, -0.25) is 4.79 Å². The van der Waals surface area contributed by atoms with Gasteiger partial charge in [-0.15, -0.1) is 11.3 Å². The van der Waals surface area contributed by atoms with Crippen LogP contribution in [0.15, 0.2) is 5.38 Å². The molecule has 2 atom stereocenters. The second kappa shape index (κ2) is 6.14. The lowest BCUT2D eigenvalue weighted by Crippen LogP contribution is -2.47. The molecule has 0 aliphatic heterocycles. The minimum Gasteiger partial charge on any atom is -0.476 e. The van der Waals surface area contributed by atoms with Gasteiger partial charge < -0.3 is 21.5 Å². The van der Waals surface area contributed by atoms with E-state index in [1.165, 1.54) is 12.3 Å². The van der Waals surface area contributed by atoms with Crippen LogP contribution in [-0.2, 0) is 4.79 Å². The molecule has 1 aromatic rings. The summed E-state index contributed by atoms with van der Waals surface area (Å²) in [5, 5.41) is 15.4. The number of aromatic nitrogens is 1. The zero-order valence-electron chi connectivity index (χ0n) is 10.3. The number of carbonyl (C=O) groups is 3. The Hall–Kier alpha value is -2.16. The first kappa shape index (κ1) is 14.9. The van der Waals surface area contributed by atoms with E-state index >= 15 is 0 Å². The Morgan fingerprint density at radius 2 is 2.00 bits per heavy atom. The standard InChI is InChI=1S/C10H14N4O4S/c1-4(13-10(11)18)7(15)12-5(2)8-14-6(3-19-8)9(16)17/h3-5H,1-2H3,(H,12,15)(H,16,17)(H3,11,13,18). The van der Waals surface area contributed by atoms with E-state index in [0.717, 1.165) is 11.3 Å². The van der Waals surface area contributed by atoms with Gasteiger partial charge in [-0.25, -0.2) is 14.6 Å². The minimum atomic E-state index is -1.12. The highest BCUT2D eigenvalue weighted by Crippen LogP contribution is 2.17. The Morgan fingerprint density at radius 1 is 1.37 bits per heavy atom. The number of carboxylic acids is 1. The van der Waals surface area contributed by atoms with E-state index in [1.807, 2.05) is 0 Å². The average Bonchev–Trinajstić information content (AvgIpc) is 2.77. The summed E-state index contributed by atoms with van der Waals surface area (Å²) < 4.78 is 0. The monoisotopic (exact) mass is 286 g/mol. The van der Waals surface area contributed by atoms with E-state index in [9.17, 15) is 14.4 Å². The second-order valence-electron chi connectivity index (χ2n) is 3.84. The molecule has 0 radical (unpaired) electrons. The normalized spacial score (nSPS) is 13.4. The number of nitrogens with two attached hydrogens (primary N) is 1. The molecule has 0 aliphatic rings. The summed E-state index contributed by atoms with van der Waals surface area (Å²) in [5.74, 6) is -1.55. The summed E-state index contributed by atoms with van der Waals surface area (Å²) in [4.78, 5) is 36.8. The molecule has 0 aromatic carbocycles. The number of rotatable bonds is 5. The first-order chi connectivity index (χ1) is 8.81. The third-order valence-electron chi connectivity index (χ3n) is 2.22. The highest BCUT2D eigenvalue weighted by atomic mass is 32.1. The van der Waals surface area contributed by atoms with E-state index in [2.05, 4.69) is 15.6 Å². The van der Waals surface area contributed by atoms with Crippen molar-refractivity contribution >= 4 is 29.2 Å². The third kappa shape index (κ3) is 4.21. The van der Waals surface area contributed by atoms with E-state index in [1.54, 1.807) is 6.92 Å². The first-order valence-corrected chi connectivity index (χ1v) is 6.24. The van der Waals surface area contributed by atoms with E-state index in [0.29, 0.717) is 5.01 Å². The van der Waals surface area contributed by atoms with Gasteiger partial charge in [0.05, 0.1) is 6.04 Å². The van der Waals surface area contributed by atoms with Crippen LogP contribution in [0, 0.1) is 0 Å². The smallest absolute Gasteiger partial charge is 0.355 e. The summed E-state index contributed by atoms with van der Waals surface area (Å²) in [6.45, 7) is 3.15. The molecule has 5 N–H and O–H groups in total. The maximum Gasteiger partial charge on any atom is 0.355 e. The van der Waals surface area contributed by atoms with Crippen LogP contribution in [0.25, 0.3) is 0 Å². The molecule has 104 valence electrons. The molecule has 0 aliphatic carbocycles. The van der Waals surface area contributed by atoms with Crippen LogP contribution in [0.2, 0.25) is 0 Å². The molecule has 9 heteroatoms. The second-order valence-corrected chi connectivity index (χ2v) is 4.73. The SMILES string of the molecule is CC(NC(N)=O)C(=O)NC(C)c1nc(C(=O)O)cs1. The van der Waals surface area contributed by atoms with Crippen LogP contribution in [0.1, 0.15) is 35.4 Å². The number of hydrogen-bond acceptors (Lipinski definition) is 5. The molecule has 0 bridgehead atoms. The Kier molecular flexibility index (Phi) is 4.81. The Morgan fingerprint density at radius 3 is 2.47 bits per heavy atom. The Labute approximate surface area is 113 Å². The molecule has 3 amide bonds. The van der Waals surface area contributed by atoms with Crippen molar-refractivity contribution in [3.05, 3.63) is 16.1 Å². The predicted molar refractivity (Wildman–Crippen MR) is 67.8 cm³/mol. The molecule has 1 rings (SSSR count). The molecule has 0 saturated heterocycles. The van der Waals surface area contributed by atoms with Crippen LogP contribution >= 0.6 is 11.3 Å². The van der Waals surface area contributed by atoms with Crippen molar-refractivity contribution in [1.29, 1.82) is 0 Å². The van der Waals surface area contributed by atoms with E-state index in [-0.39, 0.29) is 5.69 Å². The maximum absolute atomic E-state index is 11.7. The van der Waals surface area contributed by atoms with Gasteiger partial charge in [0.1, 0.15) is 11.0 Å². The number of primary amides is 1. The van der Waals surface area contributed by atoms with Gasteiger partial charge in [-0.1, -0.05) is 0 Å². The lowest BCUT2D eigenvalue weighted by Gasteiger charge is -2.16. The van der Waals surface area contributed by atoms with Crippen molar-refractivity contribution in [2.45, 2.75) is 25.9 Å². The number of carbonyl (C=O) groups excluding carboxylic acids is 2. The fourth-order valence-electron chi connectivity index (χ4n) is 1.26. The van der Waals surface area contributed by atoms with Gasteiger partial charge in [0, 0.05) is 5.38 Å². The molecule has 1 heterocycles. The molecule has 0 spiro atoms. The van der Waals surface area contributed by atoms with Gasteiger partial charge in [0.15, 0.2) is 5.69 Å². The quantitative estimate of drug-likeness (QED) is 0.607. The third-order valence-corrected chi connectivity index (χ3v) is 3.25. The van der Waals surface area contributed by atoms with E-state index in [4.69, 9.17) is 10.8 Å². The highest BCUT2D eigenvalue weighted by Gasteiger charge is 2.19. The number of hydrogen-bond donors (Lipinski definition) is 4. The van der Waals surface area contributed by atoms with Crippen molar-refractivity contribution in [3.63, 3.8) is 0 Å². The number of carboxylic acid groups (broad SMARTS) is 1. The molecule has 8 nitrogen and oxygen atoms in total. The number of nitrogens with one attached hydrogen (secondary N) is 2. The summed E-state index contributed by atoms with van der Waals surface area (Å²) >= 11 is 1.13. The zero-order valence-corrected chi connectivity index (χ0v) is 11.2. The number of nitrogens with zero attached hydrogens (tertiary/aromatic N) is 1. The molecule has 0 fully saturated rings. The van der Waals surface area contributed by atoms with Crippen molar-refractivity contribution in [2.24, 2.45) is 5.73 Å². The molecule has 0 saturated carbocycles. The van der Waals surface area contributed by atoms with Crippen LogP contribution in [-0.4, -0.2) is 34.0 Å². The molecule has 19 heavy (non-hydrogen) atoms. The molecule has 1 aromatic heterocycles. The largest absolute Gasteiger partial charge is 0.476 e.